The van der Waals surface area contributed by atoms with Gasteiger partial charge in [0.15, 0.2) is 5.82 Å². The van der Waals surface area contributed by atoms with Crippen LogP contribution in [0.2, 0.25) is 0 Å². The Morgan fingerprint density at radius 3 is 2.75 bits per heavy atom. The predicted molar refractivity (Wildman–Crippen MR) is 95.2 cm³/mol. The summed E-state index contributed by atoms with van der Waals surface area (Å²) in [5, 5.41) is 4.82. The lowest BCUT2D eigenvalue weighted by Crippen LogP contribution is -2.10. The molecule has 3 aromatic rings. The summed E-state index contributed by atoms with van der Waals surface area (Å²) in [4.78, 5) is 21.6. The van der Waals surface area contributed by atoms with Crippen molar-refractivity contribution in [3.8, 4) is 11.4 Å². The van der Waals surface area contributed by atoms with Crippen LogP contribution in [0.4, 0.5) is 5.69 Å². The molecule has 1 N–H and O–H groups in total. The highest BCUT2D eigenvalue weighted by atomic mass is 32.1. The van der Waals surface area contributed by atoms with Crippen molar-refractivity contribution in [1.29, 1.82) is 0 Å². The van der Waals surface area contributed by atoms with Crippen molar-refractivity contribution >= 4 is 22.9 Å². The zero-order valence-corrected chi connectivity index (χ0v) is 14.3. The number of methoxy groups -OCH3 is 1. The summed E-state index contributed by atoms with van der Waals surface area (Å²) < 4.78 is 5.07. The Bertz CT molecular complexity index is 843. The van der Waals surface area contributed by atoms with E-state index in [1.165, 1.54) is 11.3 Å². The Morgan fingerprint density at radius 2 is 2.04 bits per heavy atom. The first-order valence-corrected chi connectivity index (χ1v) is 8.31. The van der Waals surface area contributed by atoms with Crippen LogP contribution in [-0.4, -0.2) is 23.0 Å². The Hall–Kier alpha value is -2.57. The molecule has 0 atom stereocenters. The van der Waals surface area contributed by atoms with Gasteiger partial charge in [-0.3, -0.25) is 4.79 Å². The number of rotatable bonds is 5. The van der Waals surface area contributed by atoms with E-state index in [1.807, 2.05) is 48.7 Å². The number of hydrogen-bond acceptors (Lipinski definition) is 5. The maximum Gasteiger partial charge on any atom is 0.265 e. The lowest BCUT2D eigenvalue weighted by molar-refractivity contribution is 0.103. The van der Waals surface area contributed by atoms with E-state index in [0.717, 1.165) is 22.5 Å². The van der Waals surface area contributed by atoms with Gasteiger partial charge in [0.25, 0.3) is 5.91 Å². The van der Waals surface area contributed by atoms with Gasteiger partial charge >= 0.3 is 0 Å². The number of ether oxygens (including phenoxy) is 1. The molecule has 0 saturated carbocycles. The van der Waals surface area contributed by atoms with Gasteiger partial charge < -0.3 is 10.1 Å². The van der Waals surface area contributed by atoms with Gasteiger partial charge in [0.2, 0.25) is 0 Å². The van der Waals surface area contributed by atoms with E-state index in [4.69, 9.17) is 4.74 Å². The topological polar surface area (TPSA) is 64.1 Å². The molecule has 5 nitrogen and oxygen atoms in total. The van der Waals surface area contributed by atoms with Gasteiger partial charge in [-0.05, 0) is 54.3 Å². The van der Waals surface area contributed by atoms with Gasteiger partial charge in [-0.15, -0.1) is 11.3 Å². The number of nitrogens with one attached hydrogen (secondary N) is 1. The number of benzene rings is 1. The summed E-state index contributed by atoms with van der Waals surface area (Å²) in [5.41, 5.74) is 3.56. The van der Waals surface area contributed by atoms with E-state index in [2.05, 4.69) is 15.3 Å². The lowest BCUT2D eigenvalue weighted by Gasteiger charge is -2.05. The first kappa shape index (κ1) is 16.3. The maximum atomic E-state index is 12.3. The lowest BCUT2D eigenvalue weighted by atomic mass is 10.2. The molecule has 1 amide bonds. The molecule has 1 aromatic carbocycles. The molecule has 122 valence electrons. The van der Waals surface area contributed by atoms with E-state index < -0.39 is 0 Å². The Labute approximate surface area is 144 Å². The number of thiophene rings is 1. The smallest absolute Gasteiger partial charge is 0.265 e. The minimum atomic E-state index is -0.123. The molecule has 6 heteroatoms. The van der Waals surface area contributed by atoms with Crippen molar-refractivity contribution in [2.24, 2.45) is 0 Å². The van der Waals surface area contributed by atoms with E-state index in [9.17, 15) is 4.79 Å². The van der Waals surface area contributed by atoms with Crippen LogP contribution in [0.15, 0.2) is 48.0 Å². The third kappa shape index (κ3) is 3.84. The molecule has 0 unspecified atom stereocenters. The molecule has 0 spiro atoms. The molecular weight excluding hydrogens is 322 g/mol. The summed E-state index contributed by atoms with van der Waals surface area (Å²) >= 11 is 1.41. The van der Waals surface area contributed by atoms with Crippen LogP contribution in [0.5, 0.6) is 0 Å². The summed E-state index contributed by atoms with van der Waals surface area (Å²) in [5.74, 6) is 0.553. The summed E-state index contributed by atoms with van der Waals surface area (Å²) in [6.45, 7) is 2.44. The molecule has 24 heavy (non-hydrogen) atoms. The third-order valence-corrected chi connectivity index (χ3v) is 4.36. The maximum absolute atomic E-state index is 12.3. The molecule has 0 radical (unpaired) electrons. The average molecular weight is 339 g/mol. The number of amides is 1. The first-order chi connectivity index (χ1) is 11.7. The van der Waals surface area contributed by atoms with Gasteiger partial charge in [-0.25, -0.2) is 9.97 Å². The standard InChI is InChI=1S/C18H17N3O2S/c1-12-7-8-19-17(20-12)14-3-5-15(6-4-14)21-18(22)16-9-13(10-23-2)11-24-16/h3-9,11H,10H2,1-2H3,(H,21,22). The molecule has 0 fully saturated rings. The fraction of sp³-hybridized carbons (Fsp3) is 0.167. The molecule has 0 bridgehead atoms. The number of hydrogen-bond donors (Lipinski definition) is 1. The second kappa shape index (κ2) is 7.33. The monoisotopic (exact) mass is 339 g/mol. The van der Waals surface area contributed by atoms with Crippen LogP contribution in [0.3, 0.4) is 0 Å². The summed E-state index contributed by atoms with van der Waals surface area (Å²) in [6.07, 6.45) is 1.74. The second-order valence-electron chi connectivity index (χ2n) is 5.31. The van der Waals surface area contributed by atoms with Crippen LogP contribution in [0.25, 0.3) is 11.4 Å². The normalized spacial score (nSPS) is 10.6. The summed E-state index contributed by atoms with van der Waals surface area (Å²) in [6, 6.07) is 11.2. The van der Waals surface area contributed by atoms with Crippen LogP contribution in [-0.2, 0) is 11.3 Å². The second-order valence-corrected chi connectivity index (χ2v) is 6.22. The molecule has 0 aliphatic carbocycles. The zero-order chi connectivity index (χ0) is 16.9. The van der Waals surface area contributed by atoms with E-state index in [1.54, 1.807) is 13.3 Å². The Morgan fingerprint density at radius 1 is 1.25 bits per heavy atom. The van der Waals surface area contributed by atoms with E-state index in [0.29, 0.717) is 17.3 Å². The van der Waals surface area contributed by atoms with Crippen LogP contribution in [0, 0.1) is 6.92 Å². The van der Waals surface area contributed by atoms with Crippen LogP contribution >= 0.6 is 11.3 Å². The molecule has 3 rings (SSSR count). The van der Waals surface area contributed by atoms with E-state index in [-0.39, 0.29) is 5.91 Å². The fourth-order valence-corrected chi connectivity index (χ4v) is 3.01. The van der Waals surface area contributed by atoms with Crippen molar-refractivity contribution in [3.63, 3.8) is 0 Å². The van der Waals surface area contributed by atoms with E-state index >= 15 is 0 Å². The highest BCUT2D eigenvalue weighted by Gasteiger charge is 2.10. The predicted octanol–water partition coefficient (Wildman–Crippen LogP) is 3.91. The first-order valence-electron chi connectivity index (χ1n) is 7.43. The van der Waals surface area contributed by atoms with Gasteiger partial charge in [-0.1, -0.05) is 0 Å². The number of aryl methyl sites for hydroxylation is 1. The average Bonchev–Trinajstić information content (AvgIpc) is 3.05. The van der Waals surface area contributed by atoms with Crippen LogP contribution in [0.1, 0.15) is 20.9 Å². The van der Waals surface area contributed by atoms with Crippen molar-refractivity contribution in [1.82, 2.24) is 9.97 Å². The highest BCUT2D eigenvalue weighted by Crippen LogP contribution is 2.20. The van der Waals surface area contributed by atoms with Crippen molar-refractivity contribution in [2.45, 2.75) is 13.5 Å². The van der Waals surface area contributed by atoms with Crippen LogP contribution < -0.4 is 5.32 Å². The number of nitrogens with zero attached hydrogens (tertiary/aromatic N) is 2. The largest absolute Gasteiger partial charge is 0.380 e. The minimum absolute atomic E-state index is 0.123. The number of anilines is 1. The fourth-order valence-electron chi connectivity index (χ4n) is 2.22. The van der Waals surface area contributed by atoms with Crippen molar-refractivity contribution in [3.05, 3.63) is 64.1 Å². The van der Waals surface area contributed by atoms with Crippen molar-refractivity contribution < 1.29 is 9.53 Å². The van der Waals surface area contributed by atoms with Crippen molar-refractivity contribution in [2.75, 3.05) is 12.4 Å². The van der Waals surface area contributed by atoms with Gasteiger partial charge in [0.1, 0.15) is 0 Å². The molecule has 2 aromatic heterocycles. The molecule has 0 aliphatic heterocycles. The molecular formula is C18H17N3O2S. The number of aromatic nitrogens is 2. The molecule has 2 heterocycles. The Balaban J connectivity index is 1.70. The third-order valence-electron chi connectivity index (χ3n) is 3.38. The highest BCUT2D eigenvalue weighted by molar-refractivity contribution is 7.12. The van der Waals surface area contributed by atoms with Gasteiger partial charge in [0.05, 0.1) is 11.5 Å². The molecule has 0 saturated heterocycles. The quantitative estimate of drug-likeness (QED) is 0.765. The Kier molecular flexibility index (Phi) is 4.98. The summed E-state index contributed by atoms with van der Waals surface area (Å²) in [7, 11) is 1.64. The van der Waals surface area contributed by atoms with Gasteiger partial charge in [-0.2, -0.15) is 0 Å². The number of carbonyl (C=O) groups is 1. The minimum Gasteiger partial charge on any atom is -0.380 e. The zero-order valence-electron chi connectivity index (χ0n) is 13.4. The SMILES string of the molecule is COCc1csc(C(=O)Nc2ccc(-c3nccc(C)n3)cc2)c1. The van der Waals surface area contributed by atoms with Gasteiger partial charge in [0, 0.05) is 30.3 Å². The number of carbonyl (C=O) groups excluding carboxylic acids is 1. The molecule has 0 aliphatic rings.